The van der Waals surface area contributed by atoms with Crippen LogP contribution < -0.4 is 9.47 Å². The molecular formula is C24H28F2N2O3. The molecule has 0 saturated carbocycles. The Morgan fingerprint density at radius 1 is 1.06 bits per heavy atom. The van der Waals surface area contributed by atoms with Crippen LogP contribution in [0.5, 0.6) is 11.5 Å². The highest BCUT2D eigenvalue weighted by Gasteiger charge is 2.18. The first-order valence-electron chi connectivity index (χ1n) is 10.5. The van der Waals surface area contributed by atoms with Gasteiger partial charge in [-0.25, -0.2) is 0 Å². The van der Waals surface area contributed by atoms with Crippen molar-refractivity contribution < 1.29 is 23.0 Å². The van der Waals surface area contributed by atoms with Gasteiger partial charge in [-0.2, -0.15) is 8.78 Å². The van der Waals surface area contributed by atoms with Gasteiger partial charge in [0.2, 0.25) is 5.91 Å². The number of benzene rings is 2. The zero-order valence-electron chi connectivity index (χ0n) is 17.7. The van der Waals surface area contributed by atoms with Gasteiger partial charge in [-0.1, -0.05) is 36.4 Å². The predicted molar refractivity (Wildman–Crippen MR) is 116 cm³/mol. The van der Waals surface area contributed by atoms with E-state index in [0.29, 0.717) is 25.3 Å². The normalized spacial score (nSPS) is 15.3. The second-order valence-electron chi connectivity index (χ2n) is 7.29. The quantitative estimate of drug-likeness (QED) is 0.581. The van der Waals surface area contributed by atoms with Crippen molar-refractivity contribution in [1.82, 2.24) is 9.80 Å². The van der Waals surface area contributed by atoms with Gasteiger partial charge in [-0.05, 0) is 42.7 Å². The van der Waals surface area contributed by atoms with Crippen molar-refractivity contribution in [2.75, 3.05) is 32.8 Å². The van der Waals surface area contributed by atoms with Crippen LogP contribution in [0.2, 0.25) is 0 Å². The minimum Gasteiger partial charge on any atom is -0.490 e. The van der Waals surface area contributed by atoms with E-state index in [1.54, 1.807) is 25.1 Å². The van der Waals surface area contributed by atoms with Gasteiger partial charge in [0.25, 0.3) is 0 Å². The van der Waals surface area contributed by atoms with Gasteiger partial charge in [0, 0.05) is 38.8 Å². The summed E-state index contributed by atoms with van der Waals surface area (Å²) in [5.41, 5.74) is 1.95. The van der Waals surface area contributed by atoms with E-state index >= 15 is 0 Å². The molecule has 0 atom stereocenters. The Morgan fingerprint density at radius 3 is 2.61 bits per heavy atom. The van der Waals surface area contributed by atoms with Gasteiger partial charge >= 0.3 is 6.61 Å². The molecule has 5 nitrogen and oxygen atoms in total. The van der Waals surface area contributed by atoms with Crippen LogP contribution in [-0.4, -0.2) is 55.1 Å². The molecule has 166 valence electrons. The molecule has 0 radical (unpaired) electrons. The molecule has 3 rings (SSSR count). The first-order chi connectivity index (χ1) is 15.0. The van der Waals surface area contributed by atoms with Gasteiger partial charge in [-0.15, -0.1) is 0 Å². The Balaban J connectivity index is 1.58. The van der Waals surface area contributed by atoms with E-state index in [4.69, 9.17) is 4.74 Å². The fourth-order valence-corrected chi connectivity index (χ4v) is 3.55. The molecule has 0 bridgehead atoms. The van der Waals surface area contributed by atoms with Crippen molar-refractivity contribution in [3.05, 3.63) is 65.7 Å². The highest BCUT2D eigenvalue weighted by Crippen LogP contribution is 2.30. The summed E-state index contributed by atoms with van der Waals surface area (Å²) in [6.07, 6.45) is 4.11. The number of nitrogens with zero attached hydrogens (tertiary/aromatic N) is 2. The average Bonchev–Trinajstić information content (AvgIpc) is 3.00. The standard InChI is InChI=1S/C24H28F2N2O3/c1-2-30-22-17-19(9-11-21(22)31-24(25)26)10-12-23(29)28-14-6-13-27(15-16-28)18-20-7-4-3-5-8-20/h3-5,7-12,17,24H,2,6,13-16,18H2,1H3/b12-10+. The molecule has 31 heavy (non-hydrogen) atoms. The second-order valence-corrected chi connectivity index (χ2v) is 7.29. The topological polar surface area (TPSA) is 42.0 Å². The third-order valence-corrected chi connectivity index (χ3v) is 5.05. The molecule has 1 fully saturated rings. The molecule has 1 heterocycles. The number of ether oxygens (including phenoxy) is 2. The highest BCUT2D eigenvalue weighted by molar-refractivity contribution is 5.91. The van der Waals surface area contributed by atoms with Crippen LogP contribution in [0.4, 0.5) is 8.78 Å². The van der Waals surface area contributed by atoms with E-state index in [0.717, 1.165) is 26.1 Å². The smallest absolute Gasteiger partial charge is 0.387 e. The lowest BCUT2D eigenvalue weighted by Gasteiger charge is -2.21. The van der Waals surface area contributed by atoms with Gasteiger partial charge in [-0.3, -0.25) is 9.69 Å². The molecule has 1 aliphatic heterocycles. The first-order valence-corrected chi connectivity index (χ1v) is 10.5. The summed E-state index contributed by atoms with van der Waals surface area (Å²) in [5.74, 6) is 0.141. The first kappa shape index (κ1) is 22.7. The number of carbonyl (C=O) groups excluding carboxylic acids is 1. The van der Waals surface area contributed by atoms with Crippen molar-refractivity contribution in [3.8, 4) is 11.5 Å². The fourth-order valence-electron chi connectivity index (χ4n) is 3.55. The van der Waals surface area contributed by atoms with Crippen molar-refractivity contribution in [2.24, 2.45) is 0 Å². The molecule has 0 N–H and O–H groups in total. The molecule has 2 aromatic carbocycles. The van der Waals surface area contributed by atoms with Gasteiger partial charge in [0.1, 0.15) is 0 Å². The summed E-state index contributed by atoms with van der Waals surface area (Å²) >= 11 is 0. The molecule has 1 aliphatic rings. The largest absolute Gasteiger partial charge is 0.490 e. The number of alkyl halides is 2. The minimum atomic E-state index is -2.92. The number of amides is 1. The van der Waals surface area contributed by atoms with Crippen LogP contribution in [0.25, 0.3) is 6.08 Å². The maximum Gasteiger partial charge on any atom is 0.387 e. The Hall–Kier alpha value is -2.93. The van der Waals surface area contributed by atoms with Crippen LogP contribution >= 0.6 is 0 Å². The van der Waals surface area contributed by atoms with Crippen LogP contribution in [0, 0.1) is 0 Å². The summed E-state index contributed by atoms with van der Waals surface area (Å²) in [4.78, 5) is 16.9. The van der Waals surface area contributed by atoms with Crippen LogP contribution in [-0.2, 0) is 11.3 Å². The Morgan fingerprint density at radius 2 is 1.87 bits per heavy atom. The Bertz CT molecular complexity index is 874. The molecule has 0 spiro atoms. The van der Waals surface area contributed by atoms with Crippen LogP contribution in [0.3, 0.4) is 0 Å². The molecular weight excluding hydrogens is 402 g/mol. The summed E-state index contributed by atoms with van der Waals surface area (Å²) in [6.45, 7) is 3.19. The molecule has 1 saturated heterocycles. The summed E-state index contributed by atoms with van der Waals surface area (Å²) in [7, 11) is 0. The van der Waals surface area contributed by atoms with Crippen molar-refractivity contribution in [3.63, 3.8) is 0 Å². The zero-order valence-corrected chi connectivity index (χ0v) is 17.7. The molecule has 1 amide bonds. The number of hydrogen-bond donors (Lipinski definition) is 0. The average molecular weight is 430 g/mol. The fraction of sp³-hybridized carbons (Fsp3) is 0.375. The molecule has 7 heteroatoms. The number of rotatable bonds is 8. The number of carbonyl (C=O) groups is 1. The molecule has 0 unspecified atom stereocenters. The minimum absolute atomic E-state index is 0.0219. The van der Waals surface area contributed by atoms with Gasteiger partial charge in [0.05, 0.1) is 6.61 Å². The third kappa shape index (κ3) is 7.07. The summed E-state index contributed by atoms with van der Waals surface area (Å²) in [6, 6.07) is 15.0. The highest BCUT2D eigenvalue weighted by atomic mass is 19.3. The summed E-state index contributed by atoms with van der Waals surface area (Å²) in [5, 5.41) is 0. The maximum absolute atomic E-state index is 12.7. The van der Waals surface area contributed by atoms with E-state index in [1.807, 2.05) is 23.1 Å². The van der Waals surface area contributed by atoms with Crippen molar-refractivity contribution in [2.45, 2.75) is 26.5 Å². The van der Waals surface area contributed by atoms with Gasteiger partial charge in [0.15, 0.2) is 11.5 Å². The lowest BCUT2D eigenvalue weighted by Crippen LogP contribution is -2.34. The predicted octanol–water partition coefficient (Wildman–Crippen LogP) is 4.43. The molecule has 2 aromatic rings. The van der Waals surface area contributed by atoms with Crippen molar-refractivity contribution in [1.29, 1.82) is 0 Å². The van der Waals surface area contributed by atoms with E-state index in [-0.39, 0.29) is 17.4 Å². The summed E-state index contributed by atoms with van der Waals surface area (Å²) < 4.78 is 34.9. The van der Waals surface area contributed by atoms with Crippen molar-refractivity contribution >= 4 is 12.0 Å². The zero-order chi connectivity index (χ0) is 22.1. The maximum atomic E-state index is 12.7. The van der Waals surface area contributed by atoms with Crippen LogP contribution in [0.1, 0.15) is 24.5 Å². The number of hydrogen-bond acceptors (Lipinski definition) is 4. The lowest BCUT2D eigenvalue weighted by molar-refractivity contribution is -0.125. The lowest BCUT2D eigenvalue weighted by atomic mass is 10.2. The molecule has 0 aliphatic carbocycles. The van der Waals surface area contributed by atoms with E-state index < -0.39 is 6.61 Å². The third-order valence-electron chi connectivity index (χ3n) is 5.05. The SMILES string of the molecule is CCOc1cc(/C=C/C(=O)N2CCCN(Cc3ccccc3)CC2)ccc1OC(F)F. The molecule has 0 aromatic heterocycles. The second kappa shape index (κ2) is 11.5. The van der Waals surface area contributed by atoms with E-state index in [9.17, 15) is 13.6 Å². The Kier molecular flexibility index (Phi) is 8.41. The van der Waals surface area contributed by atoms with Crippen LogP contribution in [0.15, 0.2) is 54.6 Å². The van der Waals surface area contributed by atoms with Gasteiger partial charge < -0.3 is 14.4 Å². The number of halogens is 2. The Labute approximate surface area is 181 Å². The van der Waals surface area contributed by atoms with E-state index in [2.05, 4.69) is 21.8 Å². The van der Waals surface area contributed by atoms with E-state index in [1.165, 1.54) is 17.7 Å². The monoisotopic (exact) mass is 430 g/mol.